The summed E-state index contributed by atoms with van der Waals surface area (Å²) in [5, 5.41) is -0.657. The van der Waals surface area contributed by atoms with Crippen molar-refractivity contribution in [3.8, 4) is 17.0 Å². The number of halogens is 1. The van der Waals surface area contributed by atoms with Gasteiger partial charge in [-0.15, -0.1) is 0 Å². The monoisotopic (exact) mass is 505 g/mol. The van der Waals surface area contributed by atoms with Crippen LogP contribution in [0.5, 0.6) is 5.75 Å². The molecule has 34 heavy (non-hydrogen) atoms. The number of fused-ring (bicyclic) bond motifs is 3. The van der Waals surface area contributed by atoms with Crippen molar-refractivity contribution < 1.29 is 22.7 Å². The third-order valence-corrected chi connectivity index (χ3v) is 9.15. The molecule has 2 aliphatic carbocycles. The zero-order valence-corrected chi connectivity index (χ0v) is 21.0. The van der Waals surface area contributed by atoms with Gasteiger partial charge in [-0.25, -0.2) is 13.2 Å². The predicted molar refractivity (Wildman–Crippen MR) is 128 cm³/mol. The van der Waals surface area contributed by atoms with E-state index in [1.165, 1.54) is 25.0 Å². The summed E-state index contributed by atoms with van der Waals surface area (Å²) in [6.45, 7) is 5.46. The van der Waals surface area contributed by atoms with Gasteiger partial charge in [0.05, 0.1) is 33.6 Å². The lowest BCUT2D eigenvalue weighted by Gasteiger charge is -2.29. The summed E-state index contributed by atoms with van der Waals surface area (Å²) < 4.78 is 39.8. The van der Waals surface area contributed by atoms with E-state index in [0.29, 0.717) is 40.1 Å². The molecular formula is C25H28ClNO6S. The van der Waals surface area contributed by atoms with Crippen LogP contribution in [0.3, 0.4) is 0 Å². The smallest absolute Gasteiger partial charge is 0.344 e. The van der Waals surface area contributed by atoms with Gasteiger partial charge in [-0.3, -0.25) is 4.79 Å². The molecule has 1 unspecified atom stereocenters. The number of carbonyl (C=O) groups excluding carboxylic acids is 1. The fraction of sp³-hybridized carbons (Fsp3) is 0.520. The third kappa shape index (κ3) is 4.05. The Morgan fingerprint density at radius 1 is 1.18 bits per heavy atom. The van der Waals surface area contributed by atoms with E-state index < -0.39 is 32.7 Å². The molecule has 0 radical (unpaired) electrons. The van der Waals surface area contributed by atoms with Crippen LogP contribution in [0.4, 0.5) is 0 Å². The van der Waals surface area contributed by atoms with E-state index in [1.807, 2.05) is 0 Å². The molecule has 0 bridgehead atoms. The van der Waals surface area contributed by atoms with E-state index >= 15 is 0 Å². The topological polar surface area (TPSA) is 91.7 Å². The maximum atomic E-state index is 13.6. The van der Waals surface area contributed by atoms with Gasteiger partial charge in [0.1, 0.15) is 11.3 Å². The van der Waals surface area contributed by atoms with Gasteiger partial charge in [0.15, 0.2) is 9.84 Å². The highest BCUT2D eigenvalue weighted by Crippen LogP contribution is 2.50. The molecule has 2 heterocycles. The molecule has 182 valence electrons. The Balaban J connectivity index is 1.68. The number of pyridine rings is 1. The van der Waals surface area contributed by atoms with Crippen LogP contribution in [0.2, 0.25) is 5.02 Å². The Hall–Kier alpha value is -2.32. The highest BCUT2D eigenvalue weighted by Gasteiger charge is 2.41. The first kappa shape index (κ1) is 23.4. The first-order valence-corrected chi connectivity index (χ1v) is 13.7. The summed E-state index contributed by atoms with van der Waals surface area (Å²) in [5.41, 5.74) is 0.687. The molecule has 2 aromatic rings. The van der Waals surface area contributed by atoms with E-state index in [0.717, 1.165) is 19.3 Å². The zero-order valence-electron chi connectivity index (χ0n) is 19.5. The second kappa shape index (κ2) is 8.41. The van der Waals surface area contributed by atoms with Gasteiger partial charge in [-0.1, -0.05) is 24.4 Å². The van der Waals surface area contributed by atoms with Gasteiger partial charge >= 0.3 is 5.97 Å². The average molecular weight is 506 g/mol. The van der Waals surface area contributed by atoms with Crippen LogP contribution in [0.1, 0.15) is 80.1 Å². The summed E-state index contributed by atoms with van der Waals surface area (Å²) >= 11 is 6.53. The molecule has 1 atom stereocenters. The largest absolute Gasteiger partial charge is 0.492 e. The van der Waals surface area contributed by atoms with Crippen molar-refractivity contribution in [1.29, 1.82) is 0 Å². The van der Waals surface area contributed by atoms with Crippen molar-refractivity contribution in [2.45, 2.75) is 75.2 Å². The molecule has 3 aliphatic rings. The van der Waals surface area contributed by atoms with Crippen molar-refractivity contribution in [3.63, 3.8) is 0 Å². The number of hydrogen-bond donors (Lipinski definition) is 0. The fourth-order valence-electron chi connectivity index (χ4n) is 4.52. The van der Waals surface area contributed by atoms with Crippen molar-refractivity contribution in [2.24, 2.45) is 5.92 Å². The second-order valence-corrected chi connectivity index (χ2v) is 12.4. The Morgan fingerprint density at radius 2 is 1.88 bits per heavy atom. The van der Waals surface area contributed by atoms with Crippen LogP contribution in [0, 0.1) is 5.92 Å². The first-order chi connectivity index (χ1) is 16.1. The minimum Gasteiger partial charge on any atom is -0.492 e. The van der Waals surface area contributed by atoms with E-state index in [2.05, 4.69) is 0 Å². The SMILES string of the molecule is CC(C)OC(=O)c1cc2c(n(C3CC3)c1=O)-c1cc(Cl)c(OCCC3CC3)cc1S(=O)(=O)C2C. The van der Waals surface area contributed by atoms with Crippen LogP contribution < -0.4 is 10.3 Å². The highest BCUT2D eigenvalue weighted by molar-refractivity contribution is 7.92. The van der Waals surface area contributed by atoms with E-state index in [9.17, 15) is 18.0 Å². The molecular weight excluding hydrogens is 478 g/mol. The van der Waals surface area contributed by atoms with Crippen molar-refractivity contribution in [1.82, 2.24) is 4.57 Å². The normalized spacial score (nSPS) is 20.6. The molecule has 0 amide bonds. The number of sulfone groups is 1. The van der Waals surface area contributed by atoms with Crippen molar-refractivity contribution in [3.05, 3.63) is 44.7 Å². The van der Waals surface area contributed by atoms with Gasteiger partial charge in [-0.2, -0.15) is 0 Å². The highest BCUT2D eigenvalue weighted by atomic mass is 35.5. The number of ether oxygens (including phenoxy) is 2. The third-order valence-electron chi connectivity index (χ3n) is 6.72. The Morgan fingerprint density at radius 3 is 2.50 bits per heavy atom. The Bertz CT molecular complexity index is 1340. The molecule has 5 rings (SSSR count). The summed E-state index contributed by atoms with van der Waals surface area (Å²) in [4.78, 5) is 26.2. The van der Waals surface area contributed by atoms with Gasteiger partial charge in [0.2, 0.25) is 0 Å². The van der Waals surface area contributed by atoms with Crippen LogP contribution in [0.15, 0.2) is 27.9 Å². The van der Waals surface area contributed by atoms with Crippen molar-refractivity contribution in [2.75, 3.05) is 6.61 Å². The summed E-state index contributed by atoms with van der Waals surface area (Å²) in [7, 11) is -3.81. The van der Waals surface area contributed by atoms with Gasteiger partial charge in [0.25, 0.3) is 5.56 Å². The van der Waals surface area contributed by atoms with Crippen molar-refractivity contribution >= 4 is 27.4 Å². The molecule has 2 fully saturated rings. The number of nitrogens with zero attached hydrogens (tertiary/aromatic N) is 1. The van der Waals surface area contributed by atoms with Crippen LogP contribution >= 0.6 is 11.6 Å². The lowest BCUT2D eigenvalue weighted by atomic mass is 9.99. The molecule has 1 aromatic carbocycles. The zero-order chi connectivity index (χ0) is 24.4. The van der Waals surface area contributed by atoms with E-state index in [1.54, 1.807) is 31.4 Å². The maximum absolute atomic E-state index is 13.6. The molecule has 7 nitrogen and oxygen atoms in total. The van der Waals surface area contributed by atoms with Crippen LogP contribution in [-0.4, -0.2) is 31.7 Å². The standard InChI is InChI=1S/C25H28ClNO6S/c1-13(2)33-25(29)19-10-17-14(3)34(30,31)22-12-21(32-9-8-15-4-5-15)20(26)11-18(22)23(17)27(24(19)28)16-6-7-16/h10-16H,4-9H2,1-3H3. The Labute approximate surface area is 203 Å². The van der Waals surface area contributed by atoms with Gasteiger partial charge in [0, 0.05) is 17.7 Å². The maximum Gasteiger partial charge on any atom is 0.344 e. The number of carbonyl (C=O) groups is 1. The fourth-order valence-corrected chi connectivity index (χ4v) is 6.37. The molecule has 0 N–H and O–H groups in total. The number of aromatic nitrogens is 1. The summed E-state index contributed by atoms with van der Waals surface area (Å²) in [6.07, 6.45) is 4.47. The van der Waals surface area contributed by atoms with E-state index in [4.69, 9.17) is 21.1 Å². The summed E-state index contributed by atoms with van der Waals surface area (Å²) in [5.74, 6) is 0.263. The lowest BCUT2D eigenvalue weighted by molar-refractivity contribution is 0.0375. The first-order valence-electron chi connectivity index (χ1n) is 11.8. The molecule has 2 saturated carbocycles. The van der Waals surface area contributed by atoms with Crippen LogP contribution in [-0.2, 0) is 14.6 Å². The van der Waals surface area contributed by atoms with Gasteiger partial charge < -0.3 is 14.0 Å². The van der Waals surface area contributed by atoms with E-state index in [-0.39, 0.29) is 16.5 Å². The summed E-state index contributed by atoms with van der Waals surface area (Å²) in [6, 6.07) is 4.36. The number of benzene rings is 1. The minimum atomic E-state index is -3.81. The lowest BCUT2D eigenvalue weighted by Crippen LogP contribution is -2.33. The van der Waals surface area contributed by atoms with Gasteiger partial charge in [-0.05, 0) is 63.6 Å². The molecule has 0 spiro atoms. The molecule has 9 heteroatoms. The number of esters is 1. The number of rotatable bonds is 7. The molecule has 0 saturated heterocycles. The predicted octanol–water partition coefficient (Wildman–Crippen LogP) is 5.10. The van der Waals surface area contributed by atoms with Crippen LogP contribution in [0.25, 0.3) is 11.3 Å². The Kier molecular flexibility index (Phi) is 5.80. The molecule has 1 aromatic heterocycles. The minimum absolute atomic E-state index is 0.0952. The number of hydrogen-bond acceptors (Lipinski definition) is 6. The average Bonchev–Trinajstić information content (AvgIpc) is 3.66. The second-order valence-electron chi connectivity index (χ2n) is 9.77. The molecule has 1 aliphatic heterocycles. The quantitative estimate of drug-likeness (QED) is 0.486.